The fourth-order valence-electron chi connectivity index (χ4n) is 1.54. The molecule has 0 aliphatic heterocycles. The number of halogens is 1. The van der Waals surface area contributed by atoms with Crippen molar-refractivity contribution in [3.63, 3.8) is 0 Å². The van der Waals surface area contributed by atoms with Crippen molar-refractivity contribution in [2.75, 3.05) is 20.8 Å². The highest BCUT2D eigenvalue weighted by atomic mass is 19.1. The van der Waals surface area contributed by atoms with Crippen molar-refractivity contribution in [3.05, 3.63) is 17.4 Å². The highest BCUT2D eigenvalue weighted by Crippen LogP contribution is 2.42. The molecule has 1 aromatic carbocycles. The third-order valence-corrected chi connectivity index (χ3v) is 2.71. The number of phenols is 1. The highest BCUT2D eigenvalue weighted by molar-refractivity contribution is 5.53. The van der Waals surface area contributed by atoms with Crippen molar-refractivity contribution >= 4 is 0 Å². The molecule has 0 atom stereocenters. The Bertz CT molecular complexity index is 415. The van der Waals surface area contributed by atoms with Crippen molar-refractivity contribution in [3.8, 4) is 17.2 Å². The van der Waals surface area contributed by atoms with Crippen molar-refractivity contribution < 1.29 is 24.1 Å². The van der Waals surface area contributed by atoms with Crippen LogP contribution in [0.25, 0.3) is 0 Å². The maximum atomic E-state index is 13.8. The number of aromatic hydroxyl groups is 1. The van der Waals surface area contributed by atoms with Crippen molar-refractivity contribution in [1.82, 2.24) is 0 Å². The molecule has 96 valence electrons. The molecule has 0 fully saturated rings. The molecule has 0 aromatic heterocycles. The second kappa shape index (κ2) is 4.79. The Labute approximate surface area is 99.6 Å². The van der Waals surface area contributed by atoms with Crippen LogP contribution in [0.3, 0.4) is 0 Å². The maximum absolute atomic E-state index is 13.8. The molecule has 1 aromatic rings. The zero-order valence-electron chi connectivity index (χ0n) is 10.4. The molecule has 1 rings (SSSR count). The molecule has 0 bridgehead atoms. The predicted octanol–water partition coefficient (Wildman–Crippen LogP) is 1.82. The molecule has 17 heavy (non-hydrogen) atoms. The molecule has 0 saturated heterocycles. The van der Waals surface area contributed by atoms with Gasteiger partial charge in [-0.15, -0.1) is 0 Å². The van der Waals surface area contributed by atoms with E-state index in [0.717, 1.165) is 0 Å². The van der Waals surface area contributed by atoms with E-state index >= 15 is 0 Å². The summed E-state index contributed by atoms with van der Waals surface area (Å²) in [7, 11) is 2.67. The molecule has 0 heterocycles. The van der Waals surface area contributed by atoms with E-state index in [9.17, 15) is 14.6 Å². The monoisotopic (exact) mass is 244 g/mol. The van der Waals surface area contributed by atoms with Crippen LogP contribution < -0.4 is 9.47 Å². The zero-order chi connectivity index (χ0) is 13.2. The summed E-state index contributed by atoms with van der Waals surface area (Å²) in [5.41, 5.74) is -0.500. The first-order chi connectivity index (χ1) is 7.88. The van der Waals surface area contributed by atoms with E-state index in [4.69, 9.17) is 9.47 Å². The van der Waals surface area contributed by atoms with Gasteiger partial charge in [-0.05, 0) is 6.07 Å². The second-order valence-corrected chi connectivity index (χ2v) is 4.36. The van der Waals surface area contributed by atoms with Crippen LogP contribution >= 0.6 is 0 Å². The van der Waals surface area contributed by atoms with E-state index in [1.807, 2.05) is 0 Å². The molecule has 0 saturated carbocycles. The van der Waals surface area contributed by atoms with E-state index in [0.29, 0.717) is 0 Å². The van der Waals surface area contributed by atoms with Crippen LogP contribution in [0.1, 0.15) is 19.4 Å². The quantitative estimate of drug-likeness (QED) is 0.848. The van der Waals surface area contributed by atoms with E-state index in [2.05, 4.69) is 0 Å². The number of aliphatic hydroxyl groups is 1. The van der Waals surface area contributed by atoms with Gasteiger partial charge in [-0.2, -0.15) is 4.39 Å². The molecular formula is C12H17FO4. The summed E-state index contributed by atoms with van der Waals surface area (Å²) in [6.45, 7) is 3.15. The Morgan fingerprint density at radius 1 is 1.29 bits per heavy atom. The Morgan fingerprint density at radius 3 is 2.29 bits per heavy atom. The lowest BCUT2D eigenvalue weighted by Gasteiger charge is -2.25. The topological polar surface area (TPSA) is 58.9 Å². The van der Waals surface area contributed by atoms with Crippen LogP contribution in [-0.2, 0) is 5.41 Å². The van der Waals surface area contributed by atoms with Crippen LogP contribution in [0, 0.1) is 5.82 Å². The van der Waals surface area contributed by atoms with Gasteiger partial charge in [0, 0.05) is 11.0 Å². The second-order valence-electron chi connectivity index (χ2n) is 4.36. The third kappa shape index (κ3) is 2.29. The Kier molecular flexibility index (Phi) is 3.83. The van der Waals surface area contributed by atoms with Crippen LogP contribution in [0.15, 0.2) is 6.07 Å². The average Bonchev–Trinajstić information content (AvgIpc) is 2.31. The van der Waals surface area contributed by atoms with Crippen LogP contribution in [0.4, 0.5) is 4.39 Å². The van der Waals surface area contributed by atoms with Crippen molar-refractivity contribution in [2.45, 2.75) is 19.3 Å². The molecule has 0 spiro atoms. The van der Waals surface area contributed by atoms with E-state index in [-0.39, 0.29) is 23.7 Å². The summed E-state index contributed by atoms with van der Waals surface area (Å²) in [6, 6.07) is 1.47. The Hall–Kier alpha value is -1.49. The molecular weight excluding hydrogens is 227 g/mol. The Balaban J connectivity index is 3.50. The fraction of sp³-hybridized carbons (Fsp3) is 0.500. The summed E-state index contributed by atoms with van der Waals surface area (Å²) in [4.78, 5) is 0. The SMILES string of the molecule is COc1cc(C(C)(C)CO)c(O)c(F)c1OC. The molecule has 2 N–H and O–H groups in total. The molecule has 5 heteroatoms. The van der Waals surface area contributed by atoms with Gasteiger partial charge in [-0.1, -0.05) is 13.8 Å². The summed E-state index contributed by atoms with van der Waals surface area (Å²) in [5.74, 6) is -1.38. The average molecular weight is 244 g/mol. The van der Waals surface area contributed by atoms with Gasteiger partial charge < -0.3 is 19.7 Å². The number of aliphatic hydroxyl groups excluding tert-OH is 1. The number of phenolic OH excluding ortho intramolecular Hbond substituents is 1. The minimum absolute atomic E-state index is 0.150. The van der Waals surface area contributed by atoms with Crippen molar-refractivity contribution in [2.24, 2.45) is 0 Å². The van der Waals surface area contributed by atoms with Crippen molar-refractivity contribution in [1.29, 1.82) is 0 Å². The van der Waals surface area contributed by atoms with Gasteiger partial charge in [-0.3, -0.25) is 0 Å². The van der Waals surface area contributed by atoms with Crippen LogP contribution in [-0.4, -0.2) is 31.0 Å². The summed E-state index contributed by atoms with van der Waals surface area (Å²) in [5, 5.41) is 19.0. The minimum Gasteiger partial charge on any atom is -0.505 e. The maximum Gasteiger partial charge on any atom is 0.210 e. The molecule has 4 nitrogen and oxygen atoms in total. The largest absolute Gasteiger partial charge is 0.505 e. The molecule has 0 unspecified atom stereocenters. The summed E-state index contributed by atoms with van der Waals surface area (Å²) >= 11 is 0. The number of ether oxygens (including phenoxy) is 2. The van der Waals surface area contributed by atoms with Gasteiger partial charge in [0.15, 0.2) is 11.5 Å². The van der Waals surface area contributed by atoms with E-state index in [1.54, 1.807) is 13.8 Å². The fourth-order valence-corrected chi connectivity index (χ4v) is 1.54. The van der Waals surface area contributed by atoms with Gasteiger partial charge in [0.25, 0.3) is 0 Å². The standard InChI is InChI=1S/C12H17FO4/c1-12(2,6-14)7-5-8(16-3)11(17-4)9(13)10(7)15/h5,14-15H,6H2,1-4H3. The smallest absolute Gasteiger partial charge is 0.210 e. The van der Waals surface area contributed by atoms with Gasteiger partial charge in [0.1, 0.15) is 0 Å². The van der Waals surface area contributed by atoms with Gasteiger partial charge >= 0.3 is 0 Å². The first kappa shape index (κ1) is 13.6. The lowest BCUT2D eigenvalue weighted by molar-refractivity contribution is 0.213. The number of rotatable bonds is 4. The van der Waals surface area contributed by atoms with Gasteiger partial charge in [0.05, 0.1) is 20.8 Å². The highest BCUT2D eigenvalue weighted by Gasteiger charge is 2.29. The first-order valence-corrected chi connectivity index (χ1v) is 5.13. The minimum atomic E-state index is -0.886. The van der Waals surface area contributed by atoms with E-state index < -0.39 is 17.0 Å². The Morgan fingerprint density at radius 2 is 1.88 bits per heavy atom. The molecule has 0 aliphatic rings. The summed E-state index contributed by atoms with van der Waals surface area (Å²) < 4.78 is 23.7. The van der Waals surface area contributed by atoms with Crippen LogP contribution in [0.2, 0.25) is 0 Å². The lowest BCUT2D eigenvalue weighted by atomic mass is 9.84. The number of hydrogen-bond donors (Lipinski definition) is 2. The molecule has 0 aliphatic carbocycles. The number of methoxy groups -OCH3 is 2. The predicted molar refractivity (Wildman–Crippen MR) is 61.3 cm³/mol. The zero-order valence-corrected chi connectivity index (χ0v) is 10.4. The molecule has 0 radical (unpaired) electrons. The number of benzene rings is 1. The van der Waals surface area contributed by atoms with Gasteiger partial charge in [0.2, 0.25) is 11.6 Å². The summed E-state index contributed by atoms with van der Waals surface area (Å²) in [6.07, 6.45) is 0. The van der Waals surface area contributed by atoms with Gasteiger partial charge in [-0.25, -0.2) is 0 Å². The normalized spacial score (nSPS) is 11.4. The number of hydrogen-bond acceptors (Lipinski definition) is 4. The van der Waals surface area contributed by atoms with Crippen LogP contribution in [0.5, 0.6) is 17.2 Å². The third-order valence-electron chi connectivity index (χ3n) is 2.71. The van der Waals surface area contributed by atoms with E-state index in [1.165, 1.54) is 20.3 Å². The lowest BCUT2D eigenvalue weighted by Crippen LogP contribution is -2.22. The molecule has 0 amide bonds. The first-order valence-electron chi connectivity index (χ1n) is 5.13.